The summed E-state index contributed by atoms with van der Waals surface area (Å²) in [6, 6.07) is 14.8. The van der Waals surface area contributed by atoms with Gasteiger partial charge >= 0.3 is 0 Å². The Morgan fingerprint density at radius 3 is 2.39 bits per heavy atom. The van der Waals surface area contributed by atoms with Crippen LogP contribution >= 0.6 is 11.6 Å². The lowest BCUT2D eigenvalue weighted by molar-refractivity contribution is 0.00706. The molecule has 6 rings (SSSR count). The summed E-state index contributed by atoms with van der Waals surface area (Å²) in [5, 5.41) is 31.7. The molecule has 2 aliphatic heterocycles. The van der Waals surface area contributed by atoms with Crippen LogP contribution in [0.1, 0.15) is 5.56 Å². The second kappa shape index (κ2) is 9.76. The van der Waals surface area contributed by atoms with E-state index in [1.54, 1.807) is 18.2 Å². The van der Waals surface area contributed by atoms with E-state index in [1.807, 2.05) is 49.3 Å². The van der Waals surface area contributed by atoms with Crippen LogP contribution in [0, 0.1) is 0 Å². The van der Waals surface area contributed by atoms with Gasteiger partial charge in [-0.3, -0.25) is 0 Å². The Labute approximate surface area is 224 Å². The smallest absolute Gasteiger partial charge is 0.295 e. The van der Waals surface area contributed by atoms with Crippen molar-refractivity contribution in [1.29, 1.82) is 0 Å². The molecule has 10 heteroatoms. The number of fused-ring (bicyclic) bond motifs is 2. The average Bonchev–Trinajstić information content (AvgIpc) is 3.55. The van der Waals surface area contributed by atoms with Crippen molar-refractivity contribution in [2.45, 2.75) is 31.0 Å². The van der Waals surface area contributed by atoms with Gasteiger partial charge in [-0.25, -0.2) is 0 Å². The number of aromatic amines is 1. The number of aliphatic hydroxyl groups is 1. The number of nitrogens with one attached hydrogen (secondary N) is 1. The zero-order valence-corrected chi connectivity index (χ0v) is 21.6. The van der Waals surface area contributed by atoms with Gasteiger partial charge in [0.25, 0.3) is 6.01 Å². The molecule has 4 aromatic rings. The molecule has 0 unspecified atom stereocenters. The molecule has 4 atom stereocenters. The van der Waals surface area contributed by atoms with E-state index in [0.29, 0.717) is 40.8 Å². The molecule has 0 saturated carbocycles. The third-order valence-corrected chi connectivity index (χ3v) is 7.25. The normalized spacial score (nSPS) is 22.9. The van der Waals surface area contributed by atoms with Crippen LogP contribution in [0.25, 0.3) is 33.3 Å². The van der Waals surface area contributed by atoms with Crippen LogP contribution in [0.3, 0.4) is 0 Å². The zero-order valence-electron chi connectivity index (χ0n) is 20.9. The van der Waals surface area contributed by atoms with Gasteiger partial charge in [-0.15, -0.1) is 0 Å². The maximum Gasteiger partial charge on any atom is 0.295 e. The number of hydrogen-bond acceptors (Lipinski definition) is 8. The quantitative estimate of drug-likeness (QED) is 0.292. The maximum atomic E-state index is 10.6. The van der Waals surface area contributed by atoms with E-state index in [4.69, 9.17) is 25.8 Å². The van der Waals surface area contributed by atoms with E-state index in [-0.39, 0.29) is 36.4 Å². The van der Waals surface area contributed by atoms with Crippen molar-refractivity contribution in [3.05, 3.63) is 59.1 Å². The summed E-state index contributed by atoms with van der Waals surface area (Å²) < 4.78 is 17.3. The summed E-state index contributed by atoms with van der Waals surface area (Å²) in [7, 11) is 3.85. The van der Waals surface area contributed by atoms with Gasteiger partial charge in [0, 0.05) is 12.1 Å². The molecule has 0 bridgehead atoms. The minimum Gasteiger partial charge on any atom is -0.507 e. The molecule has 1 aromatic heterocycles. The number of imidazole rings is 1. The number of nitrogens with zero attached hydrogens (tertiary/aromatic N) is 2. The number of rotatable bonds is 6. The lowest BCUT2D eigenvalue weighted by Gasteiger charge is -2.15. The van der Waals surface area contributed by atoms with Crippen LogP contribution in [0.2, 0.25) is 5.02 Å². The Morgan fingerprint density at radius 2 is 1.68 bits per heavy atom. The average molecular weight is 538 g/mol. The van der Waals surface area contributed by atoms with Gasteiger partial charge in [0.05, 0.1) is 34.8 Å². The fourth-order valence-corrected chi connectivity index (χ4v) is 5.48. The summed E-state index contributed by atoms with van der Waals surface area (Å²) in [6.07, 6.45) is -1.73. The second-order valence-corrected chi connectivity index (χ2v) is 10.4. The molecule has 2 fully saturated rings. The summed E-state index contributed by atoms with van der Waals surface area (Å²) in [6.45, 7) is 1.15. The minimum atomic E-state index is -0.646. The van der Waals surface area contributed by atoms with E-state index >= 15 is 0 Å². The molecule has 9 nitrogen and oxygen atoms in total. The molecular formula is C28H28ClN3O6. The number of aromatic nitrogens is 2. The van der Waals surface area contributed by atoms with E-state index in [9.17, 15) is 15.3 Å². The lowest BCUT2D eigenvalue weighted by atomic mass is 9.97. The molecule has 0 amide bonds. The molecule has 3 heterocycles. The highest BCUT2D eigenvalue weighted by molar-refractivity contribution is 6.34. The zero-order chi connectivity index (χ0) is 26.6. The van der Waals surface area contributed by atoms with E-state index < -0.39 is 6.10 Å². The Bertz CT molecular complexity index is 1470. The van der Waals surface area contributed by atoms with Crippen molar-refractivity contribution >= 4 is 22.6 Å². The first kappa shape index (κ1) is 25.0. The molecule has 0 aliphatic carbocycles. The molecule has 2 aliphatic rings. The van der Waals surface area contributed by atoms with Crippen molar-refractivity contribution in [3.8, 4) is 39.8 Å². The van der Waals surface area contributed by atoms with Crippen LogP contribution in [-0.2, 0) is 16.0 Å². The number of hydrogen-bond donors (Lipinski definition) is 4. The summed E-state index contributed by atoms with van der Waals surface area (Å²) in [5.74, 6) is 0.0456. The highest BCUT2D eigenvalue weighted by Gasteiger charge is 2.48. The standard InChI is InChI=1S/C28H28ClN3O6/c1-32(2)11-14-7-21(33)25(22(34)8-14)16-5-3-15(4-6-16)17-9-19-20(10-18(17)29)31-28(30-19)38-24-13-37-26-23(35)12-36-27(24)26/h3-10,23-24,26-27,33-35H,11-13H2,1-2H3,(H,30,31)/t23-,24-,26-,27-/m1/s1. The topological polar surface area (TPSA) is 120 Å². The molecule has 4 N–H and O–H groups in total. The molecule has 3 aromatic carbocycles. The maximum absolute atomic E-state index is 10.6. The Balaban J connectivity index is 1.24. The van der Waals surface area contributed by atoms with Gasteiger partial charge in [-0.1, -0.05) is 35.9 Å². The third kappa shape index (κ3) is 4.57. The van der Waals surface area contributed by atoms with E-state index in [0.717, 1.165) is 22.2 Å². The van der Waals surface area contributed by atoms with E-state index in [2.05, 4.69) is 9.97 Å². The Hall–Kier alpha value is -3.34. The van der Waals surface area contributed by atoms with Gasteiger partial charge in [0.15, 0.2) is 6.10 Å². The molecule has 38 heavy (non-hydrogen) atoms. The third-order valence-electron chi connectivity index (χ3n) is 6.93. The van der Waals surface area contributed by atoms with E-state index in [1.165, 1.54) is 0 Å². The largest absolute Gasteiger partial charge is 0.507 e. The predicted octanol–water partition coefficient (Wildman–Crippen LogP) is 3.93. The number of phenols is 2. The number of benzene rings is 3. The second-order valence-electron chi connectivity index (χ2n) is 10.0. The van der Waals surface area contributed by atoms with Crippen molar-refractivity contribution in [3.63, 3.8) is 0 Å². The van der Waals surface area contributed by atoms with Gasteiger partial charge in [0.1, 0.15) is 29.8 Å². The van der Waals surface area contributed by atoms with Crippen LogP contribution < -0.4 is 4.74 Å². The van der Waals surface area contributed by atoms with Crippen molar-refractivity contribution in [1.82, 2.24) is 14.9 Å². The van der Waals surface area contributed by atoms with Crippen LogP contribution in [0.4, 0.5) is 0 Å². The molecule has 2 saturated heterocycles. The number of aliphatic hydroxyl groups excluding tert-OH is 1. The highest BCUT2D eigenvalue weighted by atomic mass is 35.5. The first-order valence-electron chi connectivity index (χ1n) is 12.3. The molecular weight excluding hydrogens is 510 g/mol. The number of halogens is 1. The summed E-state index contributed by atoms with van der Waals surface area (Å²) in [5.41, 5.74) is 4.93. The van der Waals surface area contributed by atoms with Gasteiger partial charge in [-0.05, 0) is 55.1 Å². The minimum absolute atomic E-state index is 0.0228. The first-order chi connectivity index (χ1) is 18.3. The predicted molar refractivity (Wildman–Crippen MR) is 143 cm³/mol. The monoisotopic (exact) mass is 537 g/mol. The van der Waals surface area contributed by atoms with Gasteiger partial charge < -0.3 is 39.4 Å². The Morgan fingerprint density at radius 1 is 1.00 bits per heavy atom. The number of ether oxygens (including phenoxy) is 3. The van der Waals surface area contributed by atoms with Crippen molar-refractivity contribution in [2.24, 2.45) is 0 Å². The summed E-state index contributed by atoms with van der Waals surface area (Å²) in [4.78, 5) is 9.68. The van der Waals surface area contributed by atoms with Crippen LogP contribution in [0.15, 0.2) is 48.5 Å². The fourth-order valence-electron chi connectivity index (χ4n) is 5.21. The SMILES string of the molecule is CN(C)Cc1cc(O)c(-c2ccc(-c3cc4nc(O[C@@H]5CO[C@H]6[C@@H]5OC[C@H]6O)[nH]c4cc3Cl)cc2)c(O)c1. The van der Waals surface area contributed by atoms with Crippen LogP contribution in [0.5, 0.6) is 17.5 Å². The van der Waals surface area contributed by atoms with Gasteiger partial charge in [-0.2, -0.15) is 4.98 Å². The Kier molecular flexibility index (Phi) is 6.41. The number of phenolic OH excluding ortho intramolecular Hbond substituents is 2. The first-order valence-corrected chi connectivity index (χ1v) is 12.7. The van der Waals surface area contributed by atoms with Crippen LogP contribution in [-0.4, -0.2) is 81.9 Å². The molecule has 0 spiro atoms. The number of H-pyrrole nitrogens is 1. The van der Waals surface area contributed by atoms with Crippen molar-refractivity contribution in [2.75, 3.05) is 27.3 Å². The molecule has 0 radical (unpaired) electrons. The highest BCUT2D eigenvalue weighted by Crippen LogP contribution is 2.40. The van der Waals surface area contributed by atoms with Crippen molar-refractivity contribution < 1.29 is 29.5 Å². The lowest BCUT2D eigenvalue weighted by Crippen LogP contribution is -2.34. The number of aromatic hydroxyl groups is 2. The fraction of sp³-hybridized carbons (Fsp3) is 0.321. The molecule has 198 valence electrons. The summed E-state index contributed by atoms with van der Waals surface area (Å²) >= 11 is 6.63. The van der Waals surface area contributed by atoms with Gasteiger partial charge in [0.2, 0.25) is 0 Å².